The average Bonchev–Trinajstić information content (AvgIpc) is 2.59. The summed E-state index contributed by atoms with van der Waals surface area (Å²) in [6, 6.07) is -1.07. The SMILES string of the molecule is [2H]C([2H])([2H])C1(C([2H])([2H])[2H])C2CNC(C(=O)O)C21. The molecule has 0 aromatic rings. The van der Waals surface area contributed by atoms with E-state index in [0.717, 1.165) is 0 Å². The molecule has 3 heteroatoms. The highest BCUT2D eigenvalue weighted by atomic mass is 16.4. The average molecular weight is 161 g/mol. The molecule has 0 radical (unpaired) electrons. The summed E-state index contributed by atoms with van der Waals surface area (Å²) in [5, 5.41) is 11.6. The van der Waals surface area contributed by atoms with Gasteiger partial charge in [0.2, 0.25) is 0 Å². The maximum absolute atomic E-state index is 11.0. The van der Waals surface area contributed by atoms with Gasteiger partial charge < -0.3 is 10.4 Å². The number of carbonyl (C=O) groups is 1. The third kappa shape index (κ3) is 0.745. The molecule has 3 nitrogen and oxygen atoms in total. The van der Waals surface area contributed by atoms with E-state index in [2.05, 4.69) is 5.32 Å². The predicted octanol–water partition coefficient (Wildman–Crippen LogP) is 0.315. The van der Waals surface area contributed by atoms with Crippen molar-refractivity contribution < 1.29 is 18.1 Å². The van der Waals surface area contributed by atoms with Crippen LogP contribution in [0.3, 0.4) is 0 Å². The molecule has 1 aliphatic heterocycles. The molecule has 2 fully saturated rings. The van der Waals surface area contributed by atoms with Gasteiger partial charge in [-0.25, -0.2) is 0 Å². The normalized spacial score (nSPS) is 55.5. The van der Waals surface area contributed by atoms with Crippen molar-refractivity contribution in [3.05, 3.63) is 0 Å². The van der Waals surface area contributed by atoms with Crippen LogP contribution in [0.25, 0.3) is 0 Å². The van der Waals surface area contributed by atoms with Crippen molar-refractivity contribution in [3.8, 4) is 0 Å². The minimum Gasteiger partial charge on any atom is -0.480 e. The third-order valence-corrected chi connectivity index (χ3v) is 2.62. The number of nitrogens with one attached hydrogen (secondary N) is 1. The molecule has 1 heterocycles. The highest BCUT2D eigenvalue weighted by molar-refractivity contribution is 5.75. The minimum absolute atomic E-state index is 0.137. The molecule has 0 amide bonds. The summed E-state index contributed by atoms with van der Waals surface area (Å²) in [6.45, 7) is -5.19. The highest BCUT2D eigenvalue weighted by Gasteiger charge is 2.65. The molecule has 11 heavy (non-hydrogen) atoms. The van der Waals surface area contributed by atoms with E-state index in [1.165, 1.54) is 0 Å². The van der Waals surface area contributed by atoms with Gasteiger partial charge in [0.05, 0.1) is 0 Å². The number of hydrogen-bond donors (Lipinski definition) is 2. The highest BCUT2D eigenvalue weighted by Crippen LogP contribution is 2.62. The third-order valence-electron chi connectivity index (χ3n) is 2.62. The second-order valence-electron chi connectivity index (χ2n) is 3.23. The molecule has 0 aromatic heterocycles. The van der Waals surface area contributed by atoms with E-state index in [-0.39, 0.29) is 6.54 Å². The smallest absolute Gasteiger partial charge is 0.321 e. The molecule has 3 atom stereocenters. The molecule has 0 spiro atoms. The van der Waals surface area contributed by atoms with Gasteiger partial charge in [0, 0.05) is 8.22 Å². The van der Waals surface area contributed by atoms with Crippen LogP contribution in [0.4, 0.5) is 0 Å². The Morgan fingerprint density at radius 1 is 1.82 bits per heavy atom. The summed E-state index contributed by atoms with van der Waals surface area (Å²) in [5.74, 6) is -2.63. The molecule has 2 N–H and O–H groups in total. The molecule has 62 valence electrons. The van der Waals surface area contributed by atoms with E-state index in [1.807, 2.05) is 0 Å². The van der Waals surface area contributed by atoms with Crippen LogP contribution in [0.15, 0.2) is 0 Å². The van der Waals surface area contributed by atoms with Gasteiger partial charge in [-0.1, -0.05) is 13.7 Å². The van der Waals surface area contributed by atoms with Gasteiger partial charge in [0.25, 0.3) is 0 Å². The number of carboxylic acids is 1. The summed E-state index contributed by atoms with van der Waals surface area (Å²) >= 11 is 0. The fourth-order valence-electron chi connectivity index (χ4n) is 1.89. The van der Waals surface area contributed by atoms with Crippen LogP contribution < -0.4 is 5.32 Å². The van der Waals surface area contributed by atoms with Crippen molar-refractivity contribution in [2.45, 2.75) is 19.7 Å². The van der Waals surface area contributed by atoms with Gasteiger partial charge in [-0.2, -0.15) is 0 Å². The van der Waals surface area contributed by atoms with E-state index in [4.69, 9.17) is 13.3 Å². The number of rotatable bonds is 1. The summed E-state index contributed by atoms with van der Waals surface area (Å²) < 4.78 is 44.6. The first-order chi connectivity index (χ1) is 7.55. The van der Waals surface area contributed by atoms with E-state index < -0.39 is 43.0 Å². The lowest BCUT2D eigenvalue weighted by molar-refractivity contribution is -0.139. The second-order valence-corrected chi connectivity index (χ2v) is 3.23. The molecule has 2 rings (SSSR count). The first-order valence-electron chi connectivity index (χ1n) is 6.51. The molecular formula is C8H13NO2. The molecule has 0 bridgehead atoms. The van der Waals surface area contributed by atoms with Crippen LogP contribution >= 0.6 is 0 Å². The van der Waals surface area contributed by atoms with E-state index in [9.17, 15) is 4.79 Å². The number of carboxylic acid groups (broad SMARTS) is 1. The molecule has 2 aliphatic rings. The van der Waals surface area contributed by atoms with E-state index >= 15 is 0 Å². The Bertz CT molecular complexity index is 348. The van der Waals surface area contributed by atoms with Crippen molar-refractivity contribution in [3.63, 3.8) is 0 Å². The zero-order valence-electron chi connectivity index (χ0n) is 11.8. The number of aliphatic carboxylic acids is 1. The van der Waals surface area contributed by atoms with E-state index in [1.54, 1.807) is 0 Å². The fraction of sp³-hybridized carbons (Fsp3) is 0.875. The minimum atomic E-state index is -2.66. The topological polar surface area (TPSA) is 49.3 Å². The van der Waals surface area contributed by atoms with Crippen molar-refractivity contribution >= 4 is 5.97 Å². The fourth-order valence-corrected chi connectivity index (χ4v) is 1.89. The Morgan fingerprint density at radius 2 is 2.55 bits per heavy atom. The van der Waals surface area contributed by atoms with Crippen molar-refractivity contribution in [2.24, 2.45) is 17.3 Å². The second kappa shape index (κ2) is 1.78. The first kappa shape index (κ1) is 3.05. The zero-order chi connectivity index (χ0) is 13.2. The van der Waals surface area contributed by atoms with Gasteiger partial charge in [-0.15, -0.1) is 0 Å². The quantitative estimate of drug-likeness (QED) is 0.582. The summed E-state index contributed by atoms with van der Waals surface area (Å²) in [4.78, 5) is 11.0. The Labute approximate surface area is 74.2 Å². The van der Waals surface area contributed by atoms with Gasteiger partial charge in [0.15, 0.2) is 0 Å². The Kier molecular flexibility index (Phi) is 0.493. The van der Waals surface area contributed by atoms with Crippen molar-refractivity contribution in [1.82, 2.24) is 5.32 Å². The number of hydrogen-bond acceptors (Lipinski definition) is 2. The monoisotopic (exact) mass is 161 g/mol. The molecular weight excluding hydrogens is 142 g/mol. The summed E-state index contributed by atoms with van der Waals surface area (Å²) in [5.41, 5.74) is -1.85. The van der Waals surface area contributed by atoms with Crippen LogP contribution in [0, 0.1) is 17.3 Å². The predicted molar refractivity (Wildman–Crippen MR) is 40.2 cm³/mol. The lowest BCUT2D eigenvalue weighted by Gasteiger charge is -2.14. The Hall–Kier alpha value is -0.570. The molecule has 0 aromatic carbocycles. The summed E-state index contributed by atoms with van der Waals surface area (Å²) in [7, 11) is 0. The van der Waals surface area contributed by atoms with Crippen LogP contribution in [0.2, 0.25) is 0 Å². The lowest BCUT2D eigenvalue weighted by atomic mass is 10.0. The van der Waals surface area contributed by atoms with Crippen molar-refractivity contribution in [1.29, 1.82) is 0 Å². The zero-order valence-corrected chi connectivity index (χ0v) is 5.79. The van der Waals surface area contributed by atoms with E-state index in [0.29, 0.717) is 0 Å². The molecule has 1 aliphatic carbocycles. The maximum Gasteiger partial charge on any atom is 0.321 e. The molecule has 3 unspecified atom stereocenters. The summed E-state index contributed by atoms with van der Waals surface area (Å²) in [6.07, 6.45) is 0. The Morgan fingerprint density at radius 3 is 3.00 bits per heavy atom. The standard InChI is InChI=1S/C8H13NO2/c1-8(2)4-3-9-6(5(4)8)7(10)11/h4-6,9H,3H2,1-2H3,(H,10,11)/i1D3,2D3. The van der Waals surface area contributed by atoms with Gasteiger partial charge in [-0.3, -0.25) is 4.79 Å². The number of fused-ring (bicyclic) bond motifs is 1. The van der Waals surface area contributed by atoms with Gasteiger partial charge in [0.1, 0.15) is 6.04 Å². The maximum atomic E-state index is 11.0. The van der Waals surface area contributed by atoms with Gasteiger partial charge in [-0.05, 0) is 23.8 Å². The first-order valence-corrected chi connectivity index (χ1v) is 3.51. The number of piperidine rings is 1. The van der Waals surface area contributed by atoms with Crippen LogP contribution in [0.5, 0.6) is 0 Å². The van der Waals surface area contributed by atoms with Crippen LogP contribution in [0.1, 0.15) is 21.9 Å². The lowest BCUT2D eigenvalue weighted by Crippen LogP contribution is -2.37. The Balaban J connectivity index is 2.40. The van der Waals surface area contributed by atoms with Crippen LogP contribution in [-0.4, -0.2) is 23.7 Å². The van der Waals surface area contributed by atoms with Crippen LogP contribution in [-0.2, 0) is 4.79 Å². The largest absolute Gasteiger partial charge is 0.480 e. The molecule has 1 saturated carbocycles. The van der Waals surface area contributed by atoms with Crippen molar-refractivity contribution in [2.75, 3.05) is 6.54 Å². The molecule has 1 saturated heterocycles. The van der Waals surface area contributed by atoms with Gasteiger partial charge >= 0.3 is 5.97 Å².